The lowest BCUT2D eigenvalue weighted by atomic mass is 9.50. The van der Waals surface area contributed by atoms with Crippen molar-refractivity contribution in [2.45, 2.75) is 100.0 Å². The van der Waals surface area contributed by atoms with Crippen LogP contribution in [0.2, 0.25) is 0 Å². The van der Waals surface area contributed by atoms with Crippen molar-refractivity contribution in [2.75, 3.05) is 40.3 Å². The molecular formula is C35H47N5O10. The Bertz CT molecular complexity index is 1580. The van der Waals surface area contributed by atoms with Gasteiger partial charge in [-0.05, 0) is 69.8 Å². The Balaban J connectivity index is 1.13. The van der Waals surface area contributed by atoms with E-state index in [1.807, 2.05) is 26.1 Å². The number of methoxy groups -OCH3 is 1. The van der Waals surface area contributed by atoms with E-state index in [4.69, 9.17) is 19.3 Å². The molecule has 0 radical (unpaired) electrons. The summed E-state index contributed by atoms with van der Waals surface area (Å²) in [4.78, 5) is 65.7. The quantitative estimate of drug-likeness (QED) is 0.195. The molecule has 0 saturated carbocycles. The van der Waals surface area contributed by atoms with Crippen LogP contribution in [0.15, 0.2) is 24.0 Å². The number of piperidine rings is 2. The third-order valence-corrected chi connectivity index (χ3v) is 11.1. The monoisotopic (exact) mass is 697 g/mol. The highest BCUT2D eigenvalue weighted by Crippen LogP contribution is 2.65. The van der Waals surface area contributed by atoms with E-state index in [1.54, 1.807) is 18.1 Å². The minimum Gasteiger partial charge on any atom is -0.493 e. The van der Waals surface area contributed by atoms with E-state index in [0.29, 0.717) is 62.3 Å². The lowest BCUT2D eigenvalue weighted by Crippen LogP contribution is -2.74. The first-order valence-corrected chi connectivity index (χ1v) is 17.5. The molecule has 1 aromatic carbocycles. The van der Waals surface area contributed by atoms with Crippen molar-refractivity contribution in [2.24, 2.45) is 0 Å². The summed E-state index contributed by atoms with van der Waals surface area (Å²) >= 11 is 0. The highest BCUT2D eigenvalue weighted by Gasteiger charge is 2.72. The maximum absolute atomic E-state index is 13.9. The van der Waals surface area contributed by atoms with E-state index in [-0.39, 0.29) is 18.6 Å². The first-order chi connectivity index (χ1) is 23.9. The molecule has 1 spiro atoms. The number of hydrogen-bond donors (Lipinski definition) is 5. The smallest absolute Gasteiger partial charge is 0.415 e. The van der Waals surface area contributed by atoms with Gasteiger partial charge in [-0.15, -0.1) is 0 Å². The average Bonchev–Trinajstić information content (AvgIpc) is 3.45. The summed E-state index contributed by atoms with van der Waals surface area (Å²) in [5, 5.41) is 28.9. The number of carboxylic acids is 1. The zero-order valence-electron chi connectivity index (χ0n) is 28.8. The Morgan fingerprint density at radius 3 is 2.66 bits per heavy atom. The Labute approximate surface area is 290 Å². The molecule has 6 rings (SSSR count). The van der Waals surface area contributed by atoms with Gasteiger partial charge in [-0.25, -0.2) is 4.79 Å². The van der Waals surface area contributed by atoms with Gasteiger partial charge in [0, 0.05) is 31.1 Å². The number of rotatable bonds is 12. The van der Waals surface area contributed by atoms with Crippen molar-refractivity contribution in [3.05, 3.63) is 35.1 Å². The number of carbonyl (C=O) groups is 5. The Hall–Kier alpha value is -4.37. The molecule has 4 amide bonds. The molecule has 2 aliphatic carbocycles. The fourth-order valence-electron chi connectivity index (χ4n) is 8.72. The second kappa shape index (κ2) is 14.1. The number of likely N-dealkylation sites (tertiary alicyclic amines) is 2. The number of aliphatic carboxylic acids is 1. The molecule has 1 aromatic rings. The van der Waals surface area contributed by atoms with Crippen molar-refractivity contribution in [3.8, 4) is 11.5 Å². The predicted octanol–water partition coefficient (Wildman–Crippen LogP) is 0.956. The van der Waals surface area contributed by atoms with Crippen LogP contribution in [0.25, 0.3) is 0 Å². The number of aliphatic hydroxyl groups is 1. The molecule has 0 aromatic heterocycles. The number of carbonyl (C=O) groups excluding carboxylic acids is 4. The topological polar surface area (TPSA) is 196 Å². The van der Waals surface area contributed by atoms with E-state index in [0.717, 1.165) is 30.5 Å². The van der Waals surface area contributed by atoms with E-state index >= 15 is 0 Å². The number of ether oxygens (including phenoxy) is 3. The van der Waals surface area contributed by atoms with Gasteiger partial charge in [-0.3, -0.25) is 19.2 Å². The fraction of sp³-hybridized carbons (Fsp3) is 0.629. The van der Waals surface area contributed by atoms with Crippen molar-refractivity contribution in [1.82, 2.24) is 25.8 Å². The highest BCUT2D eigenvalue weighted by molar-refractivity contribution is 5.95. The molecule has 6 unspecified atom stereocenters. The van der Waals surface area contributed by atoms with Crippen LogP contribution in [-0.4, -0.2) is 120 Å². The number of benzene rings is 1. The zero-order valence-corrected chi connectivity index (χ0v) is 28.8. The SMILES string of the molecule is CCCC(NC(=O)CNC(=O)CC(=O)O)C(=O)NCC1CCCCN1C(=O)OC1=CCC2(O)C3Cc4ccc(OC)c5c4C2(CCN3C)C1O5. The largest absolute Gasteiger partial charge is 0.493 e. The standard InChI is InChI=1S/C35H47N5O10/c1-4-7-22(38-27(42)19-36-26(41)17-28(43)44)32(45)37-18-21-8-5-6-14-40(21)33(46)49-24-11-12-35(47)25-16-20-9-10-23(48-3)30-29(20)34(35,31(24)50-30)13-15-39(25)2/h9-11,21-22,25,31,47H,4-8,12-19H2,1-3H3,(H,36,41)(H,37,45)(H,38,42)(H,43,44). The van der Waals surface area contributed by atoms with Crippen LogP contribution in [0.5, 0.6) is 11.5 Å². The van der Waals surface area contributed by atoms with Crippen molar-refractivity contribution < 1.29 is 48.4 Å². The van der Waals surface area contributed by atoms with Gasteiger partial charge in [-0.2, -0.15) is 0 Å². The van der Waals surface area contributed by atoms with Crippen LogP contribution < -0.4 is 25.4 Å². The first kappa shape index (κ1) is 35.5. The maximum atomic E-state index is 13.9. The van der Waals surface area contributed by atoms with Crippen LogP contribution in [-0.2, 0) is 35.8 Å². The molecule has 6 atom stereocenters. The first-order valence-electron chi connectivity index (χ1n) is 17.5. The van der Waals surface area contributed by atoms with Crippen LogP contribution in [0.1, 0.15) is 69.4 Å². The van der Waals surface area contributed by atoms with Gasteiger partial charge in [-0.1, -0.05) is 19.4 Å². The average molecular weight is 698 g/mol. The Morgan fingerprint density at radius 2 is 1.92 bits per heavy atom. The lowest BCUT2D eigenvalue weighted by Gasteiger charge is -2.61. The minimum absolute atomic E-state index is 0.130. The molecule has 2 bridgehead atoms. The molecule has 3 heterocycles. The lowest BCUT2D eigenvalue weighted by molar-refractivity contribution is -0.163. The summed E-state index contributed by atoms with van der Waals surface area (Å²) < 4.78 is 18.5. The van der Waals surface area contributed by atoms with Gasteiger partial charge in [0.25, 0.3) is 0 Å². The number of nitrogens with one attached hydrogen (secondary N) is 3. The summed E-state index contributed by atoms with van der Waals surface area (Å²) in [6.07, 6.45) is 4.53. The van der Waals surface area contributed by atoms with Gasteiger partial charge in [0.05, 0.1) is 30.7 Å². The Morgan fingerprint density at radius 1 is 1.12 bits per heavy atom. The molecule has 272 valence electrons. The summed E-state index contributed by atoms with van der Waals surface area (Å²) in [5.41, 5.74) is 0.117. The molecule has 5 N–H and O–H groups in total. The third kappa shape index (κ3) is 6.14. The maximum Gasteiger partial charge on any atom is 0.415 e. The van der Waals surface area contributed by atoms with Crippen LogP contribution in [0.3, 0.4) is 0 Å². The Kier molecular flexibility index (Phi) is 10.00. The molecule has 15 heteroatoms. The predicted molar refractivity (Wildman–Crippen MR) is 177 cm³/mol. The molecule has 50 heavy (non-hydrogen) atoms. The summed E-state index contributed by atoms with van der Waals surface area (Å²) in [7, 11) is 3.62. The van der Waals surface area contributed by atoms with Gasteiger partial charge in [0.2, 0.25) is 17.7 Å². The highest BCUT2D eigenvalue weighted by atomic mass is 16.6. The zero-order chi connectivity index (χ0) is 35.8. The number of amides is 4. The van der Waals surface area contributed by atoms with E-state index in [1.165, 1.54) is 0 Å². The number of nitrogens with zero attached hydrogens (tertiary/aromatic N) is 2. The number of carboxylic acid groups (broad SMARTS) is 1. The van der Waals surface area contributed by atoms with Crippen molar-refractivity contribution in [3.63, 3.8) is 0 Å². The second-order valence-corrected chi connectivity index (χ2v) is 14.0. The van der Waals surface area contributed by atoms with Crippen LogP contribution >= 0.6 is 0 Å². The van der Waals surface area contributed by atoms with E-state index in [9.17, 15) is 29.1 Å². The molecular weight excluding hydrogens is 650 g/mol. The van der Waals surface area contributed by atoms with E-state index in [2.05, 4.69) is 20.9 Å². The van der Waals surface area contributed by atoms with Crippen molar-refractivity contribution >= 4 is 29.8 Å². The van der Waals surface area contributed by atoms with Gasteiger partial charge in [0.1, 0.15) is 18.2 Å². The molecule has 2 saturated heterocycles. The molecule has 2 fully saturated rings. The second-order valence-electron chi connectivity index (χ2n) is 14.0. The summed E-state index contributed by atoms with van der Waals surface area (Å²) in [5.74, 6) is -1.65. The molecule has 5 aliphatic rings. The van der Waals surface area contributed by atoms with Gasteiger partial charge in [0.15, 0.2) is 17.6 Å². The van der Waals surface area contributed by atoms with Crippen LogP contribution in [0, 0.1) is 0 Å². The summed E-state index contributed by atoms with van der Waals surface area (Å²) in [6.45, 7) is 2.73. The third-order valence-electron chi connectivity index (χ3n) is 11.1. The van der Waals surface area contributed by atoms with Gasteiger partial charge < -0.3 is 50.2 Å². The number of likely N-dealkylation sites (N-methyl/N-ethyl adjacent to an activating group) is 1. The minimum atomic E-state index is -1.31. The van der Waals surface area contributed by atoms with Gasteiger partial charge >= 0.3 is 12.1 Å². The van der Waals surface area contributed by atoms with Crippen LogP contribution in [0.4, 0.5) is 4.79 Å². The van der Waals surface area contributed by atoms with Crippen molar-refractivity contribution in [1.29, 1.82) is 0 Å². The number of hydrogen-bond acceptors (Lipinski definition) is 10. The molecule has 3 aliphatic heterocycles. The fourth-order valence-corrected chi connectivity index (χ4v) is 8.72. The van der Waals surface area contributed by atoms with E-state index < -0.39 is 65.9 Å². The summed E-state index contributed by atoms with van der Waals surface area (Å²) in [6, 6.07) is 2.57. The molecule has 15 nitrogen and oxygen atoms in total. The normalized spacial score (nSPS) is 28.3.